The highest BCUT2D eigenvalue weighted by Crippen LogP contribution is 2.35. The molecule has 0 bridgehead atoms. The van der Waals surface area contributed by atoms with Gasteiger partial charge in [0.2, 0.25) is 0 Å². The number of thiazole rings is 1. The number of aromatic nitrogens is 2. The summed E-state index contributed by atoms with van der Waals surface area (Å²) in [7, 11) is 2.04. The van der Waals surface area contributed by atoms with Crippen LogP contribution in [0.5, 0.6) is 0 Å². The first-order chi connectivity index (χ1) is 8.16. The van der Waals surface area contributed by atoms with Crippen molar-refractivity contribution < 1.29 is 0 Å². The number of nitrogens with zero attached hydrogens (tertiary/aromatic N) is 2. The number of benzene rings is 1. The topological polar surface area (TPSA) is 43.8 Å². The van der Waals surface area contributed by atoms with Gasteiger partial charge in [0, 0.05) is 29.7 Å². The van der Waals surface area contributed by atoms with Gasteiger partial charge in [-0.1, -0.05) is 18.2 Å². The molecule has 0 aliphatic rings. The quantitative estimate of drug-likeness (QED) is 0.713. The van der Waals surface area contributed by atoms with Crippen LogP contribution in [0.4, 0.5) is 5.00 Å². The summed E-state index contributed by atoms with van der Waals surface area (Å²) in [6.45, 7) is 1.98. The van der Waals surface area contributed by atoms with Crippen LogP contribution < -0.4 is 5.73 Å². The van der Waals surface area contributed by atoms with Crippen molar-refractivity contribution in [3.8, 4) is 11.3 Å². The van der Waals surface area contributed by atoms with E-state index in [-0.39, 0.29) is 0 Å². The van der Waals surface area contributed by atoms with Crippen molar-refractivity contribution in [2.45, 2.75) is 6.92 Å². The number of anilines is 1. The predicted octanol–water partition coefficient (Wildman–Crippen LogP) is 3.19. The number of rotatable bonds is 1. The number of para-hydroxylation sites is 1. The van der Waals surface area contributed by atoms with Crippen LogP contribution in [0.2, 0.25) is 0 Å². The van der Waals surface area contributed by atoms with Crippen molar-refractivity contribution in [1.29, 1.82) is 0 Å². The molecule has 17 heavy (non-hydrogen) atoms. The lowest BCUT2D eigenvalue weighted by Gasteiger charge is -1.95. The molecule has 2 N–H and O–H groups in total. The van der Waals surface area contributed by atoms with E-state index in [0.29, 0.717) is 0 Å². The van der Waals surface area contributed by atoms with Crippen LogP contribution in [0, 0.1) is 6.92 Å². The third kappa shape index (κ3) is 1.52. The molecule has 2 aromatic heterocycles. The van der Waals surface area contributed by atoms with Crippen LogP contribution in [-0.2, 0) is 7.05 Å². The highest BCUT2D eigenvalue weighted by Gasteiger charge is 2.14. The van der Waals surface area contributed by atoms with E-state index in [1.54, 1.807) is 0 Å². The van der Waals surface area contributed by atoms with E-state index in [1.165, 1.54) is 22.2 Å². The summed E-state index contributed by atoms with van der Waals surface area (Å²) in [5, 5.41) is 3.00. The third-order valence-electron chi connectivity index (χ3n) is 2.91. The van der Waals surface area contributed by atoms with Gasteiger partial charge in [0.1, 0.15) is 10.7 Å². The van der Waals surface area contributed by atoms with Crippen molar-refractivity contribution >= 4 is 27.2 Å². The smallest absolute Gasteiger partial charge is 0.114 e. The molecule has 4 heteroatoms. The maximum atomic E-state index is 6.02. The van der Waals surface area contributed by atoms with E-state index >= 15 is 0 Å². The molecule has 0 fully saturated rings. The molecule has 1 aromatic carbocycles. The zero-order chi connectivity index (χ0) is 12.0. The van der Waals surface area contributed by atoms with Crippen LogP contribution >= 0.6 is 11.3 Å². The fourth-order valence-corrected chi connectivity index (χ4v) is 2.87. The molecule has 0 saturated carbocycles. The van der Waals surface area contributed by atoms with Gasteiger partial charge in [0.15, 0.2) is 0 Å². The molecule has 0 saturated heterocycles. The lowest BCUT2D eigenvalue weighted by molar-refractivity contribution is 0.969. The highest BCUT2D eigenvalue weighted by atomic mass is 32.1. The van der Waals surface area contributed by atoms with Crippen LogP contribution in [0.15, 0.2) is 30.5 Å². The van der Waals surface area contributed by atoms with E-state index in [9.17, 15) is 0 Å². The van der Waals surface area contributed by atoms with E-state index in [0.717, 1.165) is 21.3 Å². The van der Waals surface area contributed by atoms with E-state index in [4.69, 9.17) is 5.73 Å². The van der Waals surface area contributed by atoms with Crippen molar-refractivity contribution in [3.05, 3.63) is 35.5 Å². The molecular weight excluding hydrogens is 230 g/mol. The summed E-state index contributed by atoms with van der Waals surface area (Å²) in [5.74, 6) is 0. The molecule has 86 valence electrons. The molecular formula is C13H13N3S. The number of nitrogens with two attached hydrogens (primary N) is 1. The minimum Gasteiger partial charge on any atom is -0.389 e. The van der Waals surface area contributed by atoms with Crippen molar-refractivity contribution in [2.75, 3.05) is 5.73 Å². The van der Waals surface area contributed by atoms with Gasteiger partial charge in [-0.25, -0.2) is 4.98 Å². The third-order valence-corrected chi connectivity index (χ3v) is 3.71. The Hall–Kier alpha value is -1.81. The first kappa shape index (κ1) is 10.4. The molecule has 0 atom stereocenters. The lowest BCUT2D eigenvalue weighted by Crippen LogP contribution is -1.85. The molecule has 0 aliphatic carbocycles. The molecule has 3 rings (SSSR count). The van der Waals surface area contributed by atoms with Gasteiger partial charge >= 0.3 is 0 Å². The SMILES string of the molecule is Cc1nc(-c2cn(C)c3ccccc23)c(N)s1. The van der Waals surface area contributed by atoms with Crippen LogP contribution in [0.3, 0.4) is 0 Å². The fraction of sp³-hybridized carbons (Fsp3) is 0.154. The lowest BCUT2D eigenvalue weighted by atomic mass is 10.1. The van der Waals surface area contributed by atoms with Gasteiger partial charge in [-0.2, -0.15) is 0 Å². The number of fused-ring (bicyclic) bond motifs is 1. The second kappa shape index (κ2) is 3.60. The van der Waals surface area contributed by atoms with Crippen LogP contribution in [-0.4, -0.2) is 9.55 Å². The zero-order valence-corrected chi connectivity index (χ0v) is 10.6. The summed E-state index contributed by atoms with van der Waals surface area (Å²) in [5.41, 5.74) is 9.24. The Balaban J connectivity index is 2.34. The number of hydrogen-bond donors (Lipinski definition) is 1. The van der Waals surface area contributed by atoms with E-state index in [1.807, 2.05) is 26.1 Å². The Labute approximate surface area is 104 Å². The maximum Gasteiger partial charge on any atom is 0.114 e. The van der Waals surface area contributed by atoms with Crippen molar-refractivity contribution in [2.24, 2.45) is 7.05 Å². The molecule has 0 aliphatic heterocycles. The monoisotopic (exact) mass is 243 g/mol. The summed E-state index contributed by atoms with van der Waals surface area (Å²) in [6.07, 6.45) is 2.09. The largest absolute Gasteiger partial charge is 0.389 e. The normalized spacial score (nSPS) is 11.2. The minimum atomic E-state index is 0.791. The Bertz CT molecular complexity index is 694. The highest BCUT2D eigenvalue weighted by molar-refractivity contribution is 7.16. The number of aryl methyl sites for hydroxylation is 2. The summed E-state index contributed by atoms with van der Waals surface area (Å²) in [6, 6.07) is 8.30. The second-order valence-corrected chi connectivity index (χ2v) is 5.35. The summed E-state index contributed by atoms with van der Waals surface area (Å²) in [4.78, 5) is 4.52. The van der Waals surface area contributed by atoms with Crippen LogP contribution in [0.25, 0.3) is 22.2 Å². The summed E-state index contributed by atoms with van der Waals surface area (Å²) < 4.78 is 2.11. The van der Waals surface area contributed by atoms with Gasteiger partial charge in [-0.3, -0.25) is 0 Å². The average Bonchev–Trinajstić information content (AvgIpc) is 2.80. The first-order valence-corrected chi connectivity index (χ1v) is 6.26. The zero-order valence-electron chi connectivity index (χ0n) is 9.77. The van der Waals surface area contributed by atoms with E-state index < -0.39 is 0 Å². The summed E-state index contributed by atoms with van der Waals surface area (Å²) >= 11 is 1.54. The second-order valence-electron chi connectivity index (χ2n) is 4.12. The molecule has 2 heterocycles. The van der Waals surface area contributed by atoms with Crippen molar-refractivity contribution in [1.82, 2.24) is 9.55 Å². The standard InChI is InChI=1S/C13H13N3S/c1-8-15-12(13(14)17-8)10-7-16(2)11-6-4-3-5-9(10)11/h3-7H,14H2,1-2H3. The number of nitrogen functional groups attached to an aromatic ring is 1. The predicted molar refractivity (Wildman–Crippen MR) is 73.2 cm³/mol. The average molecular weight is 243 g/mol. The van der Waals surface area contributed by atoms with Crippen LogP contribution in [0.1, 0.15) is 5.01 Å². The number of hydrogen-bond acceptors (Lipinski definition) is 3. The molecule has 0 amide bonds. The minimum absolute atomic E-state index is 0.791. The van der Waals surface area contributed by atoms with Gasteiger partial charge in [-0.05, 0) is 13.0 Å². The first-order valence-electron chi connectivity index (χ1n) is 5.44. The Morgan fingerprint density at radius 1 is 1.29 bits per heavy atom. The molecule has 3 aromatic rings. The Kier molecular flexibility index (Phi) is 2.19. The van der Waals surface area contributed by atoms with Gasteiger partial charge in [0.05, 0.1) is 5.01 Å². The fourth-order valence-electron chi connectivity index (χ4n) is 2.17. The Morgan fingerprint density at radius 2 is 2.06 bits per heavy atom. The van der Waals surface area contributed by atoms with Gasteiger partial charge in [0.25, 0.3) is 0 Å². The van der Waals surface area contributed by atoms with Crippen molar-refractivity contribution in [3.63, 3.8) is 0 Å². The molecule has 0 spiro atoms. The van der Waals surface area contributed by atoms with Gasteiger partial charge < -0.3 is 10.3 Å². The Morgan fingerprint density at radius 3 is 2.76 bits per heavy atom. The molecule has 0 radical (unpaired) electrons. The molecule has 0 unspecified atom stereocenters. The maximum absolute atomic E-state index is 6.02. The van der Waals surface area contributed by atoms with Gasteiger partial charge in [-0.15, -0.1) is 11.3 Å². The van der Waals surface area contributed by atoms with E-state index in [2.05, 4.69) is 27.9 Å². The molecule has 3 nitrogen and oxygen atoms in total.